The van der Waals surface area contributed by atoms with Crippen molar-refractivity contribution in [3.63, 3.8) is 0 Å². The normalized spacial score (nSPS) is 10.1. The van der Waals surface area contributed by atoms with Gasteiger partial charge in [0, 0.05) is 18.6 Å². The molecule has 0 aromatic heterocycles. The molecule has 0 N–H and O–H groups in total. The minimum atomic E-state index is -0.428. The van der Waals surface area contributed by atoms with Gasteiger partial charge in [-0.2, -0.15) is 0 Å². The van der Waals surface area contributed by atoms with E-state index in [0.717, 1.165) is 17.4 Å². The van der Waals surface area contributed by atoms with Crippen LogP contribution in [0.25, 0.3) is 0 Å². The molecule has 21 heavy (non-hydrogen) atoms. The van der Waals surface area contributed by atoms with Crippen LogP contribution in [0.3, 0.4) is 0 Å². The number of carbonyl (C=O) groups excluding carboxylic acids is 1. The third-order valence-electron chi connectivity index (χ3n) is 3.09. The largest absolute Gasteiger partial charge is 0.492 e. The molecule has 108 valence electrons. The van der Waals surface area contributed by atoms with E-state index in [1.165, 1.54) is 12.1 Å². The second-order valence-electron chi connectivity index (χ2n) is 4.68. The van der Waals surface area contributed by atoms with E-state index in [-0.39, 0.29) is 5.69 Å². The van der Waals surface area contributed by atoms with Crippen LogP contribution in [-0.4, -0.2) is 17.8 Å². The van der Waals surface area contributed by atoms with Crippen LogP contribution < -0.4 is 4.74 Å². The Morgan fingerprint density at radius 2 is 1.90 bits per heavy atom. The van der Waals surface area contributed by atoms with E-state index in [2.05, 4.69) is 0 Å². The highest BCUT2D eigenvalue weighted by atomic mass is 16.6. The molecule has 0 saturated heterocycles. The number of carbonyl (C=O) groups is 1. The zero-order chi connectivity index (χ0) is 15.2. The van der Waals surface area contributed by atoms with E-state index in [4.69, 9.17) is 4.74 Å². The van der Waals surface area contributed by atoms with Crippen LogP contribution in [0.4, 0.5) is 5.69 Å². The summed E-state index contributed by atoms with van der Waals surface area (Å²) in [7, 11) is 0. The molecule has 0 heterocycles. The first-order chi connectivity index (χ1) is 10.1. The van der Waals surface area contributed by atoms with Gasteiger partial charge in [-0.1, -0.05) is 23.8 Å². The molecule has 0 aliphatic heterocycles. The Hall–Kier alpha value is -2.69. The highest BCUT2D eigenvalue weighted by molar-refractivity contribution is 5.79. The number of aldehydes is 1. The fourth-order valence-electron chi connectivity index (χ4n) is 1.95. The lowest BCUT2D eigenvalue weighted by Gasteiger charge is -2.09. The van der Waals surface area contributed by atoms with Gasteiger partial charge in [0.1, 0.15) is 5.75 Å². The van der Waals surface area contributed by atoms with E-state index < -0.39 is 4.92 Å². The van der Waals surface area contributed by atoms with Crippen LogP contribution in [0, 0.1) is 17.0 Å². The quantitative estimate of drug-likeness (QED) is 0.463. The van der Waals surface area contributed by atoms with E-state index in [9.17, 15) is 14.9 Å². The predicted octanol–water partition coefficient (Wildman–Crippen LogP) is 3.34. The van der Waals surface area contributed by atoms with Crippen LogP contribution in [0.1, 0.15) is 21.5 Å². The van der Waals surface area contributed by atoms with Crippen molar-refractivity contribution >= 4 is 12.0 Å². The number of non-ortho nitro benzene ring substituents is 1. The maximum atomic E-state index is 11.0. The Labute approximate surface area is 122 Å². The first kappa shape index (κ1) is 14.7. The molecule has 5 heteroatoms. The Balaban J connectivity index is 1.95. The van der Waals surface area contributed by atoms with Gasteiger partial charge in [0.2, 0.25) is 0 Å². The Kier molecular flexibility index (Phi) is 4.66. The molecule has 0 aliphatic carbocycles. The van der Waals surface area contributed by atoms with Crippen LogP contribution in [-0.2, 0) is 6.42 Å². The Bertz CT molecular complexity index is 650. The van der Waals surface area contributed by atoms with Crippen molar-refractivity contribution in [1.82, 2.24) is 0 Å². The molecule has 0 spiro atoms. The molecule has 2 rings (SSSR count). The van der Waals surface area contributed by atoms with Gasteiger partial charge < -0.3 is 4.74 Å². The number of ether oxygens (including phenoxy) is 1. The summed E-state index contributed by atoms with van der Waals surface area (Å²) in [6.07, 6.45) is 1.39. The molecule has 0 aliphatic rings. The van der Waals surface area contributed by atoms with Gasteiger partial charge in [0.15, 0.2) is 6.29 Å². The van der Waals surface area contributed by atoms with Gasteiger partial charge >= 0.3 is 0 Å². The maximum Gasteiger partial charge on any atom is 0.269 e. The number of hydrogen-bond acceptors (Lipinski definition) is 4. The van der Waals surface area contributed by atoms with Crippen LogP contribution in [0.15, 0.2) is 42.5 Å². The Morgan fingerprint density at radius 3 is 2.52 bits per heavy atom. The van der Waals surface area contributed by atoms with Crippen molar-refractivity contribution in [2.45, 2.75) is 13.3 Å². The van der Waals surface area contributed by atoms with Gasteiger partial charge in [-0.25, -0.2) is 0 Å². The molecule has 0 unspecified atom stereocenters. The van der Waals surface area contributed by atoms with Gasteiger partial charge in [-0.3, -0.25) is 14.9 Å². The molecule has 2 aromatic rings. The third-order valence-corrected chi connectivity index (χ3v) is 3.09. The van der Waals surface area contributed by atoms with E-state index in [1.54, 1.807) is 24.3 Å². The van der Waals surface area contributed by atoms with Crippen LogP contribution in [0.2, 0.25) is 0 Å². The summed E-state index contributed by atoms with van der Waals surface area (Å²) >= 11 is 0. The summed E-state index contributed by atoms with van der Waals surface area (Å²) in [6, 6.07) is 11.8. The van der Waals surface area contributed by atoms with Gasteiger partial charge in [-0.15, -0.1) is 0 Å². The maximum absolute atomic E-state index is 11.0. The number of nitrogens with zero attached hydrogens (tertiary/aromatic N) is 1. The number of benzene rings is 2. The zero-order valence-corrected chi connectivity index (χ0v) is 11.6. The molecular weight excluding hydrogens is 270 g/mol. The third kappa shape index (κ3) is 3.89. The predicted molar refractivity (Wildman–Crippen MR) is 78.9 cm³/mol. The summed E-state index contributed by atoms with van der Waals surface area (Å²) in [5.41, 5.74) is 2.54. The van der Waals surface area contributed by atoms with Crippen molar-refractivity contribution < 1.29 is 14.5 Å². The second kappa shape index (κ2) is 6.65. The molecular formula is C16H15NO4. The van der Waals surface area contributed by atoms with Crippen LogP contribution >= 0.6 is 0 Å². The zero-order valence-electron chi connectivity index (χ0n) is 11.6. The van der Waals surface area contributed by atoms with E-state index in [0.29, 0.717) is 24.3 Å². The van der Waals surface area contributed by atoms with Gasteiger partial charge in [0.25, 0.3) is 5.69 Å². The lowest BCUT2D eigenvalue weighted by Crippen LogP contribution is -2.03. The lowest BCUT2D eigenvalue weighted by atomic mass is 10.1. The van der Waals surface area contributed by atoms with Gasteiger partial charge in [-0.05, 0) is 24.6 Å². The molecule has 0 atom stereocenters. The fraction of sp³-hybridized carbons (Fsp3) is 0.188. The highest BCUT2D eigenvalue weighted by Crippen LogP contribution is 2.19. The summed E-state index contributed by atoms with van der Waals surface area (Å²) < 4.78 is 5.60. The molecule has 0 radical (unpaired) electrons. The Morgan fingerprint density at radius 1 is 1.19 bits per heavy atom. The fourth-order valence-corrected chi connectivity index (χ4v) is 1.95. The van der Waals surface area contributed by atoms with Crippen molar-refractivity contribution in [2.75, 3.05) is 6.61 Å². The van der Waals surface area contributed by atoms with E-state index in [1.807, 2.05) is 13.0 Å². The molecule has 5 nitrogen and oxygen atoms in total. The van der Waals surface area contributed by atoms with Crippen LogP contribution in [0.5, 0.6) is 5.75 Å². The van der Waals surface area contributed by atoms with Crippen molar-refractivity contribution in [2.24, 2.45) is 0 Å². The first-order valence-electron chi connectivity index (χ1n) is 6.52. The number of aryl methyl sites for hydroxylation is 1. The number of nitro benzene ring substituents is 1. The van der Waals surface area contributed by atoms with Crippen molar-refractivity contribution in [1.29, 1.82) is 0 Å². The molecule has 0 amide bonds. The van der Waals surface area contributed by atoms with Crippen molar-refractivity contribution in [3.8, 4) is 5.75 Å². The van der Waals surface area contributed by atoms with E-state index >= 15 is 0 Å². The van der Waals surface area contributed by atoms with Gasteiger partial charge in [0.05, 0.1) is 17.1 Å². The number of hydrogen-bond donors (Lipinski definition) is 0. The minimum Gasteiger partial charge on any atom is -0.492 e. The average molecular weight is 285 g/mol. The monoisotopic (exact) mass is 285 g/mol. The summed E-state index contributed by atoms with van der Waals surface area (Å²) in [5.74, 6) is 0.553. The molecule has 0 fully saturated rings. The molecule has 2 aromatic carbocycles. The lowest BCUT2D eigenvalue weighted by molar-refractivity contribution is -0.384. The average Bonchev–Trinajstić information content (AvgIpc) is 2.49. The summed E-state index contributed by atoms with van der Waals surface area (Å²) in [6.45, 7) is 2.31. The SMILES string of the molecule is Cc1ccc(OCCc2ccc([N+](=O)[O-])cc2)c(C=O)c1. The highest BCUT2D eigenvalue weighted by Gasteiger charge is 2.05. The second-order valence-corrected chi connectivity index (χ2v) is 4.68. The molecule has 0 bridgehead atoms. The smallest absolute Gasteiger partial charge is 0.269 e. The number of nitro groups is 1. The first-order valence-corrected chi connectivity index (χ1v) is 6.52. The summed E-state index contributed by atoms with van der Waals surface area (Å²) in [4.78, 5) is 21.1. The topological polar surface area (TPSA) is 69.4 Å². The summed E-state index contributed by atoms with van der Waals surface area (Å²) in [5, 5.41) is 10.6. The van der Waals surface area contributed by atoms with Crippen molar-refractivity contribution in [3.05, 3.63) is 69.3 Å². The minimum absolute atomic E-state index is 0.0708. The number of rotatable bonds is 6. The molecule has 0 saturated carbocycles. The standard InChI is InChI=1S/C16H15NO4/c1-12-2-7-16(14(10-12)11-18)21-9-8-13-3-5-15(6-4-13)17(19)20/h2-7,10-11H,8-9H2,1H3.